The van der Waals surface area contributed by atoms with E-state index in [1.807, 2.05) is 22.6 Å². The summed E-state index contributed by atoms with van der Waals surface area (Å²) in [6, 6.07) is 0. The topological polar surface area (TPSA) is 80.5 Å². The SMILES string of the molecule is NC(C(=O)CI)N1C(=O)CCC1=O. The third-order valence-electron chi connectivity index (χ3n) is 1.83. The zero-order valence-corrected chi connectivity index (χ0v) is 8.98. The van der Waals surface area contributed by atoms with Crippen molar-refractivity contribution in [2.45, 2.75) is 19.0 Å². The summed E-state index contributed by atoms with van der Waals surface area (Å²) in [5.41, 5.74) is 5.44. The Hall–Kier alpha value is -0.500. The van der Waals surface area contributed by atoms with Gasteiger partial charge in [-0.2, -0.15) is 0 Å². The number of rotatable bonds is 3. The van der Waals surface area contributed by atoms with Crippen LogP contribution in [0.4, 0.5) is 0 Å². The summed E-state index contributed by atoms with van der Waals surface area (Å²) in [4.78, 5) is 34.2. The van der Waals surface area contributed by atoms with Crippen molar-refractivity contribution in [1.82, 2.24) is 4.90 Å². The van der Waals surface area contributed by atoms with Crippen molar-refractivity contribution in [3.63, 3.8) is 0 Å². The number of ketones is 1. The van der Waals surface area contributed by atoms with Crippen molar-refractivity contribution in [2.75, 3.05) is 4.43 Å². The van der Waals surface area contributed by atoms with Crippen LogP contribution in [0.2, 0.25) is 0 Å². The minimum absolute atomic E-state index is 0.168. The summed E-state index contributed by atoms with van der Waals surface area (Å²) >= 11 is 1.85. The Labute approximate surface area is 88.8 Å². The van der Waals surface area contributed by atoms with E-state index in [4.69, 9.17) is 5.73 Å². The summed E-state index contributed by atoms with van der Waals surface area (Å²) in [7, 11) is 0. The van der Waals surface area contributed by atoms with Gasteiger partial charge < -0.3 is 5.73 Å². The number of carbonyl (C=O) groups is 3. The van der Waals surface area contributed by atoms with Crippen LogP contribution in [0.1, 0.15) is 12.8 Å². The van der Waals surface area contributed by atoms with Crippen molar-refractivity contribution in [1.29, 1.82) is 0 Å². The third kappa shape index (κ3) is 2.05. The van der Waals surface area contributed by atoms with Crippen LogP contribution in [0.5, 0.6) is 0 Å². The largest absolute Gasteiger partial charge is 0.304 e. The second kappa shape index (κ2) is 4.14. The first-order valence-corrected chi connectivity index (χ1v) is 5.29. The summed E-state index contributed by atoms with van der Waals surface area (Å²) in [6.45, 7) is 0. The van der Waals surface area contributed by atoms with Crippen molar-refractivity contribution >= 4 is 40.2 Å². The molecule has 6 heteroatoms. The molecular formula is C7H9IN2O3. The number of imide groups is 1. The fourth-order valence-corrected chi connectivity index (χ4v) is 1.58. The van der Waals surface area contributed by atoms with Gasteiger partial charge in [0.1, 0.15) is 6.17 Å². The van der Waals surface area contributed by atoms with E-state index in [9.17, 15) is 14.4 Å². The Morgan fingerprint density at radius 2 is 1.92 bits per heavy atom. The second-order valence-electron chi connectivity index (χ2n) is 2.70. The average Bonchev–Trinajstić information content (AvgIpc) is 2.44. The van der Waals surface area contributed by atoms with E-state index >= 15 is 0 Å². The average molecular weight is 296 g/mol. The molecule has 0 aromatic heterocycles. The van der Waals surface area contributed by atoms with Crippen LogP contribution in [-0.4, -0.2) is 33.1 Å². The molecular weight excluding hydrogens is 287 g/mol. The van der Waals surface area contributed by atoms with Crippen molar-refractivity contribution in [3.05, 3.63) is 0 Å². The molecule has 1 aliphatic rings. The van der Waals surface area contributed by atoms with E-state index < -0.39 is 6.17 Å². The van der Waals surface area contributed by atoms with Gasteiger partial charge in [0.2, 0.25) is 11.8 Å². The molecule has 1 heterocycles. The quantitative estimate of drug-likeness (QED) is 0.429. The van der Waals surface area contributed by atoms with Gasteiger partial charge in [0.25, 0.3) is 0 Å². The van der Waals surface area contributed by atoms with Gasteiger partial charge in [0.15, 0.2) is 5.78 Å². The lowest BCUT2D eigenvalue weighted by atomic mass is 10.3. The van der Waals surface area contributed by atoms with Gasteiger partial charge in [-0.15, -0.1) is 0 Å². The van der Waals surface area contributed by atoms with Gasteiger partial charge in [0.05, 0.1) is 4.43 Å². The number of Topliss-reactive ketones (excluding diaryl/α,β-unsaturated/α-hetero) is 1. The molecule has 1 rings (SSSR count). The first kappa shape index (κ1) is 10.6. The Morgan fingerprint density at radius 1 is 1.46 bits per heavy atom. The Bertz CT molecular complexity index is 250. The van der Waals surface area contributed by atoms with Gasteiger partial charge in [-0.3, -0.25) is 19.3 Å². The maximum absolute atomic E-state index is 11.1. The molecule has 0 spiro atoms. The van der Waals surface area contributed by atoms with Crippen molar-refractivity contribution in [2.24, 2.45) is 5.73 Å². The molecule has 0 aromatic rings. The maximum Gasteiger partial charge on any atom is 0.231 e. The zero-order valence-electron chi connectivity index (χ0n) is 6.83. The molecule has 13 heavy (non-hydrogen) atoms. The van der Waals surface area contributed by atoms with Gasteiger partial charge in [0, 0.05) is 12.8 Å². The molecule has 0 bridgehead atoms. The number of carbonyl (C=O) groups excluding carboxylic acids is 3. The number of hydrogen-bond donors (Lipinski definition) is 1. The molecule has 1 atom stereocenters. The lowest BCUT2D eigenvalue weighted by molar-refractivity contribution is -0.145. The smallest absolute Gasteiger partial charge is 0.231 e. The number of hydrogen-bond acceptors (Lipinski definition) is 4. The number of halogens is 1. The van der Waals surface area contributed by atoms with Crippen molar-refractivity contribution < 1.29 is 14.4 Å². The fourth-order valence-electron chi connectivity index (χ4n) is 1.13. The summed E-state index contributed by atoms with van der Waals surface area (Å²) in [5, 5.41) is 0. The highest BCUT2D eigenvalue weighted by Gasteiger charge is 2.35. The van der Waals surface area contributed by atoms with E-state index in [1.165, 1.54) is 0 Å². The molecule has 0 saturated carbocycles. The second-order valence-corrected chi connectivity index (χ2v) is 3.47. The normalized spacial score (nSPS) is 19.4. The number of amides is 2. The first-order chi connectivity index (χ1) is 6.07. The maximum atomic E-state index is 11.1. The predicted molar refractivity (Wildman–Crippen MR) is 53.0 cm³/mol. The van der Waals surface area contributed by atoms with E-state index in [2.05, 4.69) is 0 Å². The van der Waals surface area contributed by atoms with Gasteiger partial charge >= 0.3 is 0 Å². The van der Waals surface area contributed by atoms with E-state index in [0.29, 0.717) is 0 Å². The van der Waals surface area contributed by atoms with Crippen LogP contribution in [0.15, 0.2) is 0 Å². The molecule has 1 fully saturated rings. The van der Waals surface area contributed by atoms with Gasteiger partial charge in [-0.05, 0) is 0 Å². The van der Waals surface area contributed by atoms with E-state index in [-0.39, 0.29) is 34.9 Å². The van der Waals surface area contributed by atoms with Crippen LogP contribution in [0.3, 0.4) is 0 Å². The minimum atomic E-state index is -1.08. The first-order valence-electron chi connectivity index (χ1n) is 3.77. The lowest BCUT2D eigenvalue weighted by Crippen LogP contribution is -2.50. The molecule has 1 unspecified atom stereocenters. The number of alkyl halides is 1. The van der Waals surface area contributed by atoms with Crippen molar-refractivity contribution in [3.8, 4) is 0 Å². The summed E-state index contributed by atoms with van der Waals surface area (Å²) in [6.07, 6.45) is -0.748. The zero-order chi connectivity index (χ0) is 10.0. The molecule has 72 valence electrons. The molecule has 5 nitrogen and oxygen atoms in total. The van der Waals surface area contributed by atoms with Crippen LogP contribution >= 0.6 is 22.6 Å². The monoisotopic (exact) mass is 296 g/mol. The molecule has 2 amide bonds. The number of nitrogens with two attached hydrogens (primary N) is 1. The standard InChI is InChI=1S/C7H9IN2O3/c8-3-4(11)7(9)10-5(12)1-2-6(10)13/h7H,1-3,9H2. The minimum Gasteiger partial charge on any atom is -0.304 e. The molecule has 0 radical (unpaired) electrons. The lowest BCUT2D eigenvalue weighted by Gasteiger charge is -2.19. The highest BCUT2D eigenvalue weighted by atomic mass is 127. The molecule has 1 aliphatic heterocycles. The molecule has 0 aromatic carbocycles. The molecule has 1 saturated heterocycles. The van der Waals surface area contributed by atoms with E-state index in [1.54, 1.807) is 0 Å². The Kier molecular flexibility index (Phi) is 3.37. The summed E-state index contributed by atoms with van der Waals surface area (Å²) < 4.78 is 0.204. The fraction of sp³-hybridized carbons (Fsp3) is 0.571. The molecule has 0 aliphatic carbocycles. The number of likely N-dealkylation sites (tertiary alicyclic amines) is 1. The van der Waals surface area contributed by atoms with Crippen LogP contribution < -0.4 is 5.73 Å². The summed E-state index contributed by atoms with van der Waals surface area (Å²) in [5.74, 6) is -1.00. The van der Waals surface area contributed by atoms with Crippen LogP contribution in [0.25, 0.3) is 0 Å². The van der Waals surface area contributed by atoms with E-state index in [0.717, 1.165) is 4.90 Å². The molecule has 2 N–H and O–H groups in total. The van der Waals surface area contributed by atoms with Crippen LogP contribution in [0, 0.1) is 0 Å². The Balaban J connectivity index is 2.75. The highest BCUT2D eigenvalue weighted by molar-refractivity contribution is 14.1. The predicted octanol–water partition coefficient (Wildman–Crippen LogP) is -0.576. The Morgan fingerprint density at radius 3 is 2.31 bits per heavy atom. The third-order valence-corrected chi connectivity index (χ3v) is 2.58. The van der Waals surface area contributed by atoms with Gasteiger partial charge in [-0.1, -0.05) is 22.6 Å². The van der Waals surface area contributed by atoms with Gasteiger partial charge in [-0.25, -0.2) is 0 Å². The number of nitrogens with zero attached hydrogens (tertiary/aromatic N) is 1. The highest BCUT2D eigenvalue weighted by Crippen LogP contribution is 2.13. The van der Waals surface area contributed by atoms with Crippen LogP contribution in [-0.2, 0) is 14.4 Å².